The zero-order chi connectivity index (χ0) is 14.2. The fourth-order valence-electron chi connectivity index (χ4n) is 2.37. The normalized spacial score (nSPS) is 18.2. The van der Waals surface area contributed by atoms with Gasteiger partial charge in [-0.1, -0.05) is 18.2 Å². The van der Waals surface area contributed by atoms with E-state index in [1.807, 2.05) is 18.2 Å². The van der Waals surface area contributed by atoms with E-state index in [2.05, 4.69) is 34.6 Å². The van der Waals surface area contributed by atoms with Crippen LogP contribution >= 0.6 is 22.9 Å². The van der Waals surface area contributed by atoms with Gasteiger partial charge >= 0.3 is 0 Å². The second-order valence-corrected chi connectivity index (χ2v) is 6.22. The predicted molar refractivity (Wildman–Crippen MR) is 87.7 cm³/mol. The highest BCUT2D eigenvalue weighted by Crippen LogP contribution is 2.33. The van der Waals surface area contributed by atoms with Gasteiger partial charge in [0.05, 0.1) is 23.1 Å². The maximum absolute atomic E-state index is 6.14. The fourth-order valence-corrected chi connectivity index (χ4v) is 3.62. The van der Waals surface area contributed by atoms with Crippen LogP contribution in [0, 0.1) is 0 Å². The van der Waals surface area contributed by atoms with Gasteiger partial charge in [-0.3, -0.25) is 0 Å². The summed E-state index contributed by atoms with van der Waals surface area (Å²) in [6.07, 6.45) is 5.41. The summed E-state index contributed by atoms with van der Waals surface area (Å²) in [7, 11) is 0. The number of thiophene rings is 1. The summed E-state index contributed by atoms with van der Waals surface area (Å²) in [5.41, 5.74) is 1.98. The van der Waals surface area contributed by atoms with Crippen LogP contribution in [0.1, 0.15) is 16.5 Å². The number of rotatable bonds is 2. The molecule has 1 aliphatic rings. The highest BCUT2D eigenvalue weighted by Gasteiger charge is 2.18. The van der Waals surface area contributed by atoms with E-state index >= 15 is 0 Å². The van der Waals surface area contributed by atoms with Crippen molar-refractivity contribution in [1.29, 1.82) is 0 Å². The summed E-state index contributed by atoms with van der Waals surface area (Å²) >= 11 is 7.88. The van der Waals surface area contributed by atoms with Crippen molar-refractivity contribution in [3.63, 3.8) is 0 Å². The lowest BCUT2D eigenvalue weighted by atomic mass is 10.1. The molecule has 1 aliphatic heterocycles. The van der Waals surface area contributed by atoms with Gasteiger partial charge in [0.25, 0.3) is 0 Å². The molecule has 2 aromatic heterocycles. The first-order valence-corrected chi connectivity index (χ1v) is 7.72. The third-order valence-corrected chi connectivity index (χ3v) is 4.73. The Bertz CT molecular complexity index is 815. The van der Waals surface area contributed by atoms with Crippen LogP contribution in [0.2, 0.25) is 0 Å². The van der Waals surface area contributed by atoms with Crippen LogP contribution in [0.3, 0.4) is 0 Å². The molecule has 3 aromatic rings. The van der Waals surface area contributed by atoms with Crippen molar-refractivity contribution in [3.05, 3.63) is 65.4 Å². The van der Waals surface area contributed by atoms with Crippen molar-refractivity contribution in [1.82, 2.24) is 5.32 Å². The molecule has 5 heteroatoms. The molecule has 0 bridgehead atoms. The summed E-state index contributed by atoms with van der Waals surface area (Å²) in [5, 5.41) is 4.78. The lowest BCUT2D eigenvalue weighted by molar-refractivity contribution is 0.562. The molecule has 0 fully saturated rings. The number of amidine groups is 1. The zero-order valence-electron chi connectivity index (χ0n) is 10.9. The third-order valence-electron chi connectivity index (χ3n) is 3.39. The lowest BCUT2D eigenvalue weighted by Gasteiger charge is -2.17. The first-order chi connectivity index (χ1) is 10.3. The summed E-state index contributed by atoms with van der Waals surface area (Å²) in [6.45, 7) is 0. The number of benzene rings is 1. The van der Waals surface area contributed by atoms with Crippen molar-refractivity contribution < 1.29 is 4.42 Å². The highest BCUT2D eigenvalue weighted by atomic mass is 35.5. The first kappa shape index (κ1) is 12.7. The Morgan fingerprint density at radius 3 is 2.95 bits per heavy atom. The van der Waals surface area contributed by atoms with Crippen LogP contribution in [0.5, 0.6) is 0 Å². The van der Waals surface area contributed by atoms with Gasteiger partial charge in [-0.2, -0.15) is 0 Å². The molecule has 0 radical (unpaired) electrons. The number of nitrogens with one attached hydrogen (secondary N) is 1. The molecule has 0 saturated carbocycles. The quantitative estimate of drug-likeness (QED) is 0.691. The Morgan fingerprint density at radius 1 is 1.24 bits per heavy atom. The number of hydrogen-bond acceptors (Lipinski definition) is 4. The number of halogens is 1. The molecule has 1 unspecified atom stereocenters. The van der Waals surface area contributed by atoms with Crippen molar-refractivity contribution in [2.75, 3.05) is 0 Å². The molecule has 3 heterocycles. The van der Waals surface area contributed by atoms with E-state index in [1.165, 1.54) is 10.1 Å². The number of furan rings is 1. The van der Waals surface area contributed by atoms with Crippen molar-refractivity contribution in [2.45, 2.75) is 6.04 Å². The molecule has 104 valence electrons. The van der Waals surface area contributed by atoms with E-state index in [1.54, 1.807) is 23.9 Å². The molecule has 1 N–H and O–H groups in total. The van der Waals surface area contributed by atoms with Gasteiger partial charge in [0, 0.05) is 10.3 Å². The summed E-state index contributed by atoms with van der Waals surface area (Å²) in [6, 6.07) is 12.3. The molecule has 1 aromatic carbocycles. The fraction of sp³-hybridized carbons (Fsp3) is 0.0625. The summed E-state index contributed by atoms with van der Waals surface area (Å²) in [5.74, 6) is 0. The smallest absolute Gasteiger partial charge is 0.196 e. The summed E-state index contributed by atoms with van der Waals surface area (Å²) in [4.78, 5) is 5.54. The third kappa shape index (κ3) is 2.37. The SMILES string of the molecule is ClC1=NC(c2ccoc2)C=C(c2cc3ccccc3s2)N1. The van der Waals surface area contributed by atoms with Gasteiger partial charge in [-0.15, -0.1) is 11.3 Å². The van der Waals surface area contributed by atoms with Gasteiger partial charge in [-0.25, -0.2) is 4.99 Å². The van der Waals surface area contributed by atoms with Crippen molar-refractivity contribution >= 4 is 44.0 Å². The van der Waals surface area contributed by atoms with Crippen LogP contribution < -0.4 is 5.32 Å². The van der Waals surface area contributed by atoms with Gasteiger partial charge in [0.2, 0.25) is 0 Å². The van der Waals surface area contributed by atoms with Gasteiger partial charge in [0.1, 0.15) is 6.04 Å². The Balaban J connectivity index is 1.76. The van der Waals surface area contributed by atoms with Crippen LogP contribution in [0.15, 0.2) is 64.4 Å². The number of nitrogens with zero attached hydrogens (tertiary/aromatic N) is 1. The minimum Gasteiger partial charge on any atom is -0.472 e. The molecular weight excluding hydrogens is 304 g/mol. The van der Waals surface area contributed by atoms with Crippen LogP contribution in [-0.2, 0) is 0 Å². The second-order valence-electron chi connectivity index (χ2n) is 4.78. The van der Waals surface area contributed by atoms with Crippen LogP contribution in [-0.4, -0.2) is 5.29 Å². The van der Waals surface area contributed by atoms with Crippen LogP contribution in [0.25, 0.3) is 15.8 Å². The standard InChI is InChI=1S/C16H11ClN2OS/c17-16-18-12(11-5-6-20-9-11)8-13(19-16)15-7-10-3-1-2-4-14(10)21-15/h1-9,12H,(H,18,19). The highest BCUT2D eigenvalue weighted by molar-refractivity contribution is 7.20. The number of fused-ring (bicyclic) bond motifs is 1. The maximum atomic E-state index is 6.14. The van der Waals surface area contributed by atoms with E-state index in [9.17, 15) is 0 Å². The van der Waals surface area contributed by atoms with Crippen molar-refractivity contribution in [2.24, 2.45) is 4.99 Å². The average molecular weight is 315 g/mol. The molecule has 0 aliphatic carbocycles. The molecule has 0 spiro atoms. The average Bonchev–Trinajstić information content (AvgIpc) is 3.16. The molecule has 0 saturated heterocycles. The topological polar surface area (TPSA) is 37.5 Å². The number of aliphatic imine (C=N–C) groups is 1. The van der Waals surface area contributed by atoms with E-state index in [4.69, 9.17) is 16.0 Å². The Kier molecular flexibility index (Phi) is 3.05. The Hall–Kier alpha value is -2.04. The van der Waals surface area contributed by atoms with Gasteiger partial charge in [-0.05, 0) is 41.3 Å². The minimum atomic E-state index is -0.113. The van der Waals surface area contributed by atoms with E-state index in [0.717, 1.165) is 16.1 Å². The molecule has 1 atom stereocenters. The largest absolute Gasteiger partial charge is 0.472 e. The van der Waals surface area contributed by atoms with Crippen LogP contribution in [0.4, 0.5) is 0 Å². The van der Waals surface area contributed by atoms with E-state index in [-0.39, 0.29) is 6.04 Å². The second kappa shape index (κ2) is 5.06. The molecule has 21 heavy (non-hydrogen) atoms. The lowest BCUT2D eigenvalue weighted by Crippen LogP contribution is -2.21. The zero-order valence-corrected chi connectivity index (χ0v) is 12.5. The molecule has 3 nitrogen and oxygen atoms in total. The predicted octanol–water partition coefficient (Wildman–Crippen LogP) is 4.77. The van der Waals surface area contributed by atoms with E-state index in [0.29, 0.717) is 5.29 Å². The summed E-state index contributed by atoms with van der Waals surface area (Å²) < 4.78 is 6.39. The monoisotopic (exact) mass is 314 g/mol. The van der Waals surface area contributed by atoms with E-state index < -0.39 is 0 Å². The van der Waals surface area contributed by atoms with Crippen molar-refractivity contribution in [3.8, 4) is 0 Å². The Morgan fingerprint density at radius 2 is 2.14 bits per heavy atom. The molecule has 0 amide bonds. The minimum absolute atomic E-state index is 0.113. The molecule has 4 rings (SSSR count). The maximum Gasteiger partial charge on any atom is 0.196 e. The first-order valence-electron chi connectivity index (χ1n) is 6.53. The van der Waals surface area contributed by atoms with Gasteiger partial charge < -0.3 is 9.73 Å². The number of hydrogen-bond donors (Lipinski definition) is 1. The van der Waals surface area contributed by atoms with Gasteiger partial charge in [0.15, 0.2) is 5.29 Å². The molecular formula is C16H11ClN2OS. The Labute approximate surface area is 130 Å².